The molecular weight excluding hydrogens is 444 g/mol. The van der Waals surface area contributed by atoms with Crippen molar-refractivity contribution in [3.8, 4) is 5.75 Å². The molecule has 0 bridgehead atoms. The smallest absolute Gasteiger partial charge is 0.233 e. The van der Waals surface area contributed by atoms with Crippen molar-refractivity contribution in [2.45, 2.75) is 32.1 Å². The van der Waals surface area contributed by atoms with Crippen molar-refractivity contribution in [2.24, 2.45) is 0 Å². The molecule has 9 nitrogen and oxygen atoms in total. The van der Waals surface area contributed by atoms with E-state index < -0.39 is 0 Å². The average molecular weight is 475 g/mol. The number of hydrogen-bond donors (Lipinski definition) is 1. The number of aromatic nitrogens is 3. The zero-order valence-corrected chi connectivity index (χ0v) is 20.0. The number of methoxy groups -OCH3 is 1. The van der Waals surface area contributed by atoms with E-state index in [1.54, 1.807) is 7.11 Å². The Morgan fingerprint density at radius 3 is 2.46 bits per heavy atom. The molecule has 2 saturated heterocycles. The molecular formula is C26H30N6O3. The monoisotopic (exact) mass is 474 g/mol. The van der Waals surface area contributed by atoms with Crippen LogP contribution in [0.3, 0.4) is 0 Å². The van der Waals surface area contributed by atoms with Crippen LogP contribution in [0.1, 0.15) is 32.1 Å². The van der Waals surface area contributed by atoms with E-state index in [-0.39, 0.29) is 0 Å². The number of piperidine rings is 1. The van der Waals surface area contributed by atoms with Gasteiger partial charge in [-0.15, -0.1) is 0 Å². The van der Waals surface area contributed by atoms with Gasteiger partial charge in [0.1, 0.15) is 23.6 Å². The quantitative estimate of drug-likeness (QED) is 0.425. The van der Waals surface area contributed by atoms with Crippen molar-refractivity contribution in [2.75, 3.05) is 55.2 Å². The molecule has 0 unspecified atom stereocenters. The number of nitrogens with zero attached hydrogens (tertiary/aromatic N) is 5. The Labute approximate surface area is 204 Å². The summed E-state index contributed by atoms with van der Waals surface area (Å²) in [6.45, 7) is 4.01. The van der Waals surface area contributed by atoms with Crippen LogP contribution in [0.4, 0.5) is 23.5 Å². The zero-order valence-electron chi connectivity index (χ0n) is 20.0. The summed E-state index contributed by atoms with van der Waals surface area (Å²) in [5, 5.41) is 5.46. The number of ether oxygens (including phenoxy) is 2. The molecule has 2 aliphatic rings. The number of benzene rings is 2. The molecule has 0 saturated carbocycles. The van der Waals surface area contributed by atoms with Crippen LogP contribution in [0, 0.1) is 0 Å². The zero-order chi connectivity index (χ0) is 23.6. The Bertz CT molecular complexity index is 1330. The highest BCUT2D eigenvalue weighted by molar-refractivity contribution is 6.06. The molecule has 35 heavy (non-hydrogen) atoms. The second-order valence-corrected chi connectivity index (χ2v) is 9.09. The summed E-state index contributed by atoms with van der Waals surface area (Å²) in [5.74, 6) is 2.51. The molecule has 2 fully saturated rings. The molecule has 182 valence electrons. The summed E-state index contributed by atoms with van der Waals surface area (Å²) >= 11 is 0. The minimum atomic E-state index is 0.480. The minimum absolute atomic E-state index is 0.480. The molecule has 0 atom stereocenters. The van der Waals surface area contributed by atoms with Crippen LogP contribution >= 0.6 is 0 Å². The molecule has 2 aromatic heterocycles. The molecule has 0 spiro atoms. The number of furan rings is 1. The van der Waals surface area contributed by atoms with Crippen LogP contribution in [0.25, 0.3) is 21.9 Å². The number of anilines is 4. The SMILES string of the molecule is COc1cc2c(cc1Nc1nc(N3CCCCC3)nc(N3CCCCOC3)n1)oc1ccccc12. The lowest BCUT2D eigenvalue weighted by atomic mass is 10.1. The lowest BCUT2D eigenvalue weighted by molar-refractivity contribution is 0.145. The fraction of sp³-hybridized carbons (Fsp3) is 0.423. The van der Waals surface area contributed by atoms with Gasteiger partial charge in [-0.05, 0) is 44.2 Å². The Hall–Kier alpha value is -3.59. The second-order valence-electron chi connectivity index (χ2n) is 9.09. The lowest BCUT2D eigenvalue weighted by Crippen LogP contribution is -2.33. The van der Waals surface area contributed by atoms with Gasteiger partial charge >= 0.3 is 0 Å². The van der Waals surface area contributed by atoms with Gasteiger partial charge in [-0.25, -0.2) is 0 Å². The van der Waals surface area contributed by atoms with Crippen LogP contribution in [-0.2, 0) is 4.74 Å². The Morgan fingerprint density at radius 1 is 0.829 bits per heavy atom. The van der Waals surface area contributed by atoms with Gasteiger partial charge in [-0.2, -0.15) is 15.0 Å². The largest absolute Gasteiger partial charge is 0.495 e. The topological polar surface area (TPSA) is 88.8 Å². The maximum Gasteiger partial charge on any atom is 0.233 e. The summed E-state index contributed by atoms with van der Waals surface area (Å²) in [6, 6.07) is 12.0. The first-order valence-electron chi connectivity index (χ1n) is 12.4. The van der Waals surface area contributed by atoms with E-state index in [4.69, 9.17) is 28.8 Å². The van der Waals surface area contributed by atoms with Gasteiger partial charge in [-0.1, -0.05) is 18.2 Å². The summed E-state index contributed by atoms with van der Waals surface area (Å²) in [7, 11) is 1.67. The summed E-state index contributed by atoms with van der Waals surface area (Å²) < 4.78 is 17.6. The lowest BCUT2D eigenvalue weighted by Gasteiger charge is -2.28. The van der Waals surface area contributed by atoms with Crippen LogP contribution < -0.4 is 19.9 Å². The number of hydrogen-bond acceptors (Lipinski definition) is 9. The molecule has 0 amide bonds. The first kappa shape index (κ1) is 21.9. The number of nitrogens with one attached hydrogen (secondary N) is 1. The molecule has 1 N–H and O–H groups in total. The maximum atomic E-state index is 6.10. The van der Waals surface area contributed by atoms with Gasteiger partial charge in [0.15, 0.2) is 0 Å². The Morgan fingerprint density at radius 2 is 1.60 bits per heavy atom. The van der Waals surface area contributed by atoms with E-state index in [1.165, 1.54) is 6.42 Å². The predicted octanol–water partition coefficient (Wildman–Crippen LogP) is 5.09. The third-order valence-corrected chi connectivity index (χ3v) is 6.69. The molecule has 6 rings (SSSR count). The van der Waals surface area contributed by atoms with E-state index in [1.807, 2.05) is 30.3 Å². The Kier molecular flexibility index (Phi) is 5.99. The van der Waals surface area contributed by atoms with E-state index in [0.717, 1.165) is 79.6 Å². The molecule has 0 aliphatic carbocycles. The van der Waals surface area contributed by atoms with Crippen LogP contribution in [-0.4, -0.2) is 55.0 Å². The van der Waals surface area contributed by atoms with E-state index >= 15 is 0 Å². The van der Waals surface area contributed by atoms with E-state index in [2.05, 4.69) is 21.2 Å². The highest BCUT2D eigenvalue weighted by atomic mass is 16.5. The fourth-order valence-corrected chi connectivity index (χ4v) is 4.83. The number of fused-ring (bicyclic) bond motifs is 3. The first-order valence-corrected chi connectivity index (χ1v) is 12.4. The highest BCUT2D eigenvalue weighted by Crippen LogP contribution is 2.37. The summed E-state index contributed by atoms with van der Waals surface area (Å²) in [4.78, 5) is 18.8. The van der Waals surface area contributed by atoms with Crippen molar-refractivity contribution in [3.05, 3.63) is 36.4 Å². The van der Waals surface area contributed by atoms with Gasteiger partial charge in [0.2, 0.25) is 17.8 Å². The average Bonchev–Trinajstić information content (AvgIpc) is 3.05. The molecule has 0 radical (unpaired) electrons. The van der Waals surface area contributed by atoms with Crippen LogP contribution in [0.15, 0.2) is 40.8 Å². The van der Waals surface area contributed by atoms with Gasteiger partial charge in [-0.3, -0.25) is 0 Å². The third-order valence-electron chi connectivity index (χ3n) is 6.69. The van der Waals surface area contributed by atoms with Crippen LogP contribution in [0.2, 0.25) is 0 Å². The third kappa shape index (κ3) is 4.43. The minimum Gasteiger partial charge on any atom is -0.495 e. The molecule has 2 aliphatic heterocycles. The van der Waals surface area contributed by atoms with Crippen molar-refractivity contribution in [1.82, 2.24) is 15.0 Å². The Balaban J connectivity index is 1.40. The number of rotatable bonds is 5. The van der Waals surface area contributed by atoms with Crippen molar-refractivity contribution in [3.63, 3.8) is 0 Å². The summed E-state index contributed by atoms with van der Waals surface area (Å²) in [6.07, 6.45) is 5.62. The first-order chi connectivity index (χ1) is 17.3. The fourth-order valence-electron chi connectivity index (χ4n) is 4.83. The van der Waals surface area contributed by atoms with Crippen molar-refractivity contribution >= 4 is 45.5 Å². The van der Waals surface area contributed by atoms with Gasteiger partial charge < -0.3 is 29.0 Å². The van der Waals surface area contributed by atoms with E-state index in [9.17, 15) is 0 Å². The molecule has 4 heterocycles. The number of para-hydroxylation sites is 1. The maximum absolute atomic E-state index is 6.10. The van der Waals surface area contributed by atoms with Gasteiger partial charge in [0.05, 0.1) is 12.8 Å². The second kappa shape index (κ2) is 9.58. The van der Waals surface area contributed by atoms with Crippen molar-refractivity contribution in [1.29, 1.82) is 0 Å². The van der Waals surface area contributed by atoms with Gasteiger partial charge in [0.25, 0.3) is 0 Å². The summed E-state index contributed by atoms with van der Waals surface area (Å²) in [5.41, 5.74) is 2.37. The standard InChI is InChI=1S/C26H30N6O3/c1-33-23-15-19-18-9-3-4-10-21(18)35-22(19)16-20(23)27-24-28-25(31-11-5-2-6-12-31)30-26(29-24)32-13-7-8-14-34-17-32/h3-4,9-10,15-16H,2,5-8,11-14,17H2,1H3,(H,27,28,29,30). The van der Waals surface area contributed by atoms with Crippen molar-refractivity contribution < 1.29 is 13.9 Å². The molecule has 2 aromatic carbocycles. The van der Waals surface area contributed by atoms with Gasteiger partial charge in [0, 0.05) is 43.1 Å². The normalized spacial score (nSPS) is 17.1. The predicted molar refractivity (Wildman–Crippen MR) is 137 cm³/mol. The molecule has 9 heteroatoms. The van der Waals surface area contributed by atoms with Crippen LogP contribution in [0.5, 0.6) is 5.75 Å². The highest BCUT2D eigenvalue weighted by Gasteiger charge is 2.21. The molecule has 4 aromatic rings. The van der Waals surface area contributed by atoms with E-state index in [0.29, 0.717) is 30.3 Å².